The molecule has 0 aliphatic rings. The summed E-state index contributed by atoms with van der Waals surface area (Å²) >= 11 is 7.54. The maximum Gasteiger partial charge on any atom is 0.266 e. The number of nitrogens with one attached hydrogen (secondary N) is 1. The number of carbonyl (C=O) groups is 1. The molecule has 1 amide bonds. The van der Waals surface area contributed by atoms with Crippen LogP contribution >= 0.6 is 23.4 Å². The van der Waals surface area contributed by atoms with Gasteiger partial charge in [-0.2, -0.15) is 0 Å². The number of para-hydroxylation sites is 2. The Labute approximate surface area is 232 Å². The van der Waals surface area contributed by atoms with Gasteiger partial charge in [-0.25, -0.2) is 4.98 Å². The van der Waals surface area contributed by atoms with Gasteiger partial charge in [-0.15, -0.1) is 0 Å². The summed E-state index contributed by atoms with van der Waals surface area (Å²) in [6.07, 6.45) is 0. The van der Waals surface area contributed by atoms with Crippen molar-refractivity contribution in [3.63, 3.8) is 0 Å². The highest BCUT2D eigenvalue weighted by atomic mass is 35.5. The van der Waals surface area contributed by atoms with E-state index < -0.39 is 0 Å². The molecule has 0 radical (unpaired) electrons. The summed E-state index contributed by atoms with van der Waals surface area (Å²) in [5.41, 5.74) is 3.67. The summed E-state index contributed by atoms with van der Waals surface area (Å²) in [4.78, 5) is 31.3. The van der Waals surface area contributed by atoms with E-state index >= 15 is 0 Å². The lowest BCUT2D eigenvalue weighted by molar-refractivity contribution is -0.113. The minimum atomic E-state index is -0.287. The Bertz CT molecular complexity index is 1960. The van der Waals surface area contributed by atoms with Crippen molar-refractivity contribution in [3.8, 4) is 11.4 Å². The van der Waals surface area contributed by atoms with Gasteiger partial charge in [-0.3, -0.25) is 14.2 Å². The number of furan rings is 1. The SMILES string of the molecule is COc1cc2c(cc1NC(=O)CSc1nc3ccccc3c(=O)n1-c1ccc(C)c(Cl)c1)oc1ccccc12. The van der Waals surface area contributed by atoms with Crippen molar-refractivity contribution in [3.05, 3.63) is 99.8 Å². The monoisotopic (exact) mass is 555 g/mol. The lowest BCUT2D eigenvalue weighted by Crippen LogP contribution is -2.23. The van der Waals surface area contributed by atoms with Crippen LogP contribution in [0, 0.1) is 6.92 Å². The molecule has 6 aromatic rings. The Balaban J connectivity index is 1.32. The van der Waals surface area contributed by atoms with Crippen molar-refractivity contribution < 1.29 is 13.9 Å². The molecule has 4 aromatic carbocycles. The first kappa shape index (κ1) is 25.0. The third kappa shape index (κ3) is 4.62. The largest absolute Gasteiger partial charge is 0.495 e. The first-order valence-electron chi connectivity index (χ1n) is 12.1. The van der Waals surface area contributed by atoms with Gasteiger partial charge in [0.05, 0.1) is 35.1 Å². The fourth-order valence-corrected chi connectivity index (χ4v) is 5.48. The zero-order valence-corrected chi connectivity index (χ0v) is 22.6. The van der Waals surface area contributed by atoms with Crippen LogP contribution in [0.1, 0.15) is 5.56 Å². The summed E-state index contributed by atoms with van der Waals surface area (Å²) in [6, 6.07) is 23.9. The second kappa shape index (κ2) is 10.1. The number of benzene rings is 4. The first-order chi connectivity index (χ1) is 18.9. The number of methoxy groups -OCH3 is 1. The van der Waals surface area contributed by atoms with Crippen LogP contribution in [0.4, 0.5) is 5.69 Å². The molecular formula is C30H22ClN3O4S. The van der Waals surface area contributed by atoms with Crippen LogP contribution in [-0.2, 0) is 4.79 Å². The summed E-state index contributed by atoms with van der Waals surface area (Å²) in [5.74, 6) is 0.234. The van der Waals surface area contributed by atoms with Crippen LogP contribution in [-0.4, -0.2) is 28.3 Å². The number of aryl methyl sites for hydroxylation is 1. The maximum atomic E-state index is 13.5. The molecule has 194 valence electrons. The molecule has 2 heterocycles. The van der Waals surface area contributed by atoms with Crippen LogP contribution in [0.15, 0.2) is 93.2 Å². The van der Waals surface area contributed by atoms with Gasteiger partial charge in [0.15, 0.2) is 5.16 Å². The third-order valence-electron chi connectivity index (χ3n) is 6.46. The Kier molecular flexibility index (Phi) is 6.50. The number of hydrogen-bond acceptors (Lipinski definition) is 6. The number of amides is 1. The Hall–Kier alpha value is -4.27. The van der Waals surface area contributed by atoms with Crippen molar-refractivity contribution in [1.29, 1.82) is 0 Å². The predicted octanol–water partition coefficient (Wildman–Crippen LogP) is 6.99. The van der Waals surface area contributed by atoms with Crippen molar-refractivity contribution in [2.24, 2.45) is 0 Å². The number of anilines is 1. The van der Waals surface area contributed by atoms with Crippen molar-refractivity contribution in [1.82, 2.24) is 9.55 Å². The van der Waals surface area contributed by atoms with Gasteiger partial charge >= 0.3 is 0 Å². The fraction of sp³-hybridized carbons (Fsp3) is 0.100. The summed E-state index contributed by atoms with van der Waals surface area (Å²) in [7, 11) is 1.55. The number of halogens is 1. The molecule has 9 heteroatoms. The smallest absolute Gasteiger partial charge is 0.266 e. The van der Waals surface area contributed by atoms with Crippen LogP contribution < -0.4 is 15.6 Å². The van der Waals surface area contributed by atoms with Crippen LogP contribution in [0.3, 0.4) is 0 Å². The minimum absolute atomic E-state index is 0.00565. The number of hydrogen-bond donors (Lipinski definition) is 1. The molecule has 0 bridgehead atoms. The molecule has 2 aromatic heterocycles. The van der Waals surface area contributed by atoms with Crippen LogP contribution in [0.5, 0.6) is 5.75 Å². The normalized spacial score (nSPS) is 11.4. The van der Waals surface area contributed by atoms with Gasteiger partial charge in [-0.1, -0.05) is 59.8 Å². The number of fused-ring (bicyclic) bond motifs is 4. The number of aromatic nitrogens is 2. The fourth-order valence-electron chi connectivity index (χ4n) is 4.49. The van der Waals surface area contributed by atoms with Crippen LogP contribution in [0.2, 0.25) is 5.02 Å². The van der Waals surface area contributed by atoms with E-state index in [2.05, 4.69) is 5.32 Å². The number of ether oxygens (including phenoxy) is 1. The number of rotatable bonds is 6. The predicted molar refractivity (Wildman–Crippen MR) is 157 cm³/mol. The average molecular weight is 556 g/mol. The van der Waals surface area contributed by atoms with Crippen molar-refractivity contribution in [2.45, 2.75) is 12.1 Å². The highest BCUT2D eigenvalue weighted by Gasteiger charge is 2.18. The lowest BCUT2D eigenvalue weighted by atomic mass is 10.1. The number of thioether (sulfide) groups is 1. The standard InChI is InChI=1S/C30H22ClN3O4S/c1-17-11-12-18(13-22(17)31)34-29(36)20-8-3-5-9-23(20)33-30(34)39-16-28(35)32-24-15-26-21(14-27(24)37-2)19-7-4-6-10-25(19)38-26/h3-15H,16H2,1-2H3,(H,32,35). The molecule has 1 N–H and O–H groups in total. The minimum Gasteiger partial charge on any atom is -0.495 e. The van der Waals surface area contributed by atoms with Gasteiger partial charge < -0.3 is 14.5 Å². The van der Waals surface area contributed by atoms with Gasteiger partial charge in [0.2, 0.25) is 5.91 Å². The van der Waals surface area contributed by atoms with Crippen molar-refractivity contribution in [2.75, 3.05) is 18.2 Å². The number of carbonyl (C=O) groups excluding carboxylic acids is 1. The van der Waals surface area contributed by atoms with E-state index in [0.717, 1.165) is 33.7 Å². The number of nitrogens with zero attached hydrogens (tertiary/aromatic N) is 2. The molecule has 0 unspecified atom stereocenters. The zero-order valence-electron chi connectivity index (χ0n) is 21.0. The average Bonchev–Trinajstić information content (AvgIpc) is 3.30. The van der Waals surface area contributed by atoms with E-state index in [9.17, 15) is 9.59 Å². The van der Waals surface area contributed by atoms with E-state index in [-0.39, 0.29) is 17.2 Å². The molecule has 39 heavy (non-hydrogen) atoms. The molecule has 0 aliphatic carbocycles. The highest BCUT2D eigenvalue weighted by Crippen LogP contribution is 2.36. The van der Waals surface area contributed by atoms with Crippen LogP contribution in [0.25, 0.3) is 38.5 Å². The lowest BCUT2D eigenvalue weighted by Gasteiger charge is -2.14. The quantitative estimate of drug-likeness (QED) is 0.176. The van der Waals surface area contributed by atoms with E-state index in [1.54, 1.807) is 37.4 Å². The molecule has 7 nitrogen and oxygen atoms in total. The van der Waals surface area contributed by atoms with Gasteiger partial charge in [0.1, 0.15) is 16.9 Å². The molecule has 0 fully saturated rings. The second-order valence-electron chi connectivity index (χ2n) is 8.97. The molecule has 0 saturated carbocycles. The molecule has 0 atom stereocenters. The second-order valence-corrected chi connectivity index (χ2v) is 10.3. The first-order valence-corrected chi connectivity index (χ1v) is 13.5. The molecule has 0 saturated heterocycles. The zero-order chi connectivity index (χ0) is 27.1. The van der Waals surface area contributed by atoms with Gasteiger partial charge in [0.25, 0.3) is 5.56 Å². The molecular weight excluding hydrogens is 534 g/mol. The van der Waals surface area contributed by atoms with Crippen molar-refractivity contribution >= 4 is 67.8 Å². The third-order valence-corrected chi connectivity index (χ3v) is 7.81. The van der Waals surface area contributed by atoms with E-state index in [1.807, 2.05) is 55.5 Å². The maximum absolute atomic E-state index is 13.5. The topological polar surface area (TPSA) is 86.4 Å². The Morgan fingerprint density at radius 1 is 1.00 bits per heavy atom. The van der Waals surface area contributed by atoms with E-state index in [1.165, 1.54) is 4.57 Å². The molecule has 0 aliphatic heterocycles. The summed E-state index contributed by atoms with van der Waals surface area (Å²) in [6.45, 7) is 1.89. The van der Waals surface area contributed by atoms with Gasteiger partial charge in [0, 0.05) is 21.9 Å². The highest BCUT2D eigenvalue weighted by molar-refractivity contribution is 7.99. The van der Waals surface area contributed by atoms with E-state index in [4.69, 9.17) is 25.7 Å². The van der Waals surface area contributed by atoms with Gasteiger partial charge in [-0.05, 0) is 48.9 Å². The molecule has 0 spiro atoms. The Morgan fingerprint density at radius 2 is 1.77 bits per heavy atom. The summed E-state index contributed by atoms with van der Waals surface area (Å²) < 4.78 is 13.0. The molecule has 6 rings (SSSR count). The Morgan fingerprint density at radius 3 is 2.56 bits per heavy atom. The summed E-state index contributed by atoms with van der Waals surface area (Å²) in [5, 5.41) is 6.18. The van der Waals surface area contributed by atoms with E-state index in [0.29, 0.717) is 43.8 Å².